The Labute approximate surface area is 184 Å². The lowest BCUT2D eigenvalue weighted by atomic mass is 10.1. The highest BCUT2D eigenvalue weighted by Gasteiger charge is 2.13. The lowest BCUT2D eigenvalue weighted by Gasteiger charge is -2.14. The van der Waals surface area contributed by atoms with Gasteiger partial charge in [-0.3, -0.25) is 9.98 Å². The minimum absolute atomic E-state index is 0.387. The SMILES string of the molecule is COc1cc(-c2nc3ccc(C4=NCCCN4)cc3s2)ccc1OCc1ccccn1. The summed E-state index contributed by atoms with van der Waals surface area (Å²) in [6.07, 6.45) is 2.84. The van der Waals surface area contributed by atoms with Crippen LogP contribution >= 0.6 is 11.3 Å². The molecule has 0 radical (unpaired) electrons. The van der Waals surface area contributed by atoms with Crippen LogP contribution in [0.2, 0.25) is 0 Å². The maximum Gasteiger partial charge on any atom is 0.161 e. The molecular weight excluding hydrogens is 408 g/mol. The van der Waals surface area contributed by atoms with Gasteiger partial charge in [0.15, 0.2) is 11.5 Å². The summed E-state index contributed by atoms with van der Waals surface area (Å²) in [7, 11) is 1.65. The quantitative estimate of drug-likeness (QED) is 0.481. The van der Waals surface area contributed by atoms with E-state index in [0.29, 0.717) is 18.1 Å². The molecule has 4 aromatic rings. The molecule has 31 heavy (non-hydrogen) atoms. The Hall–Kier alpha value is -3.45. The van der Waals surface area contributed by atoms with Crippen molar-refractivity contribution in [2.75, 3.05) is 20.2 Å². The zero-order valence-electron chi connectivity index (χ0n) is 17.2. The van der Waals surface area contributed by atoms with E-state index >= 15 is 0 Å². The van der Waals surface area contributed by atoms with Crippen molar-refractivity contribution < 1.29 is 9.47 Å². The molecule has 0 amide bonds. The van der Waals surface area contributed by atoms with Crippen LogP contribution in [0, 0.1) is 0 Å². The average molecular weight is 431 g/mol. The lowest BCUT2D eigenvalue weighted by molar-refractivity contribution is 0.281. The van der Waals surface area contributed by atoms with E-state index in [-0.39, 0.29) is 0 Å². The van der Waals surface area contributed by atoms with E-state index in [4.69, 9.17) is 14.5 Å². The molecule has 1 aliphatic rings. The second-order valence-electron chi connectivity index (χ2n) is 7.19. The van der Waals surface area contributed by atoms with Gasteiger partial charge in [0, 0.05) is 30.4 Å². The van der Waals surface area contributed by atoms with Crippen molar-refractivity contribution in [2.24, 2.45) is 4.99 Å². The first-order valence-corrected chi connectivity index (χ1v) is 11.0. The molecule has 0 unspecified atom stereocenters. The monoisotopic (exact) mass is 430 g/mol. The lowest BCUT2D eigenvalue weighted by Crippen LogP contribution is -2.30. The van der Waals surface area contributed by atoms with Crippen LogP contribution < -0.4 is 14.8 Å². The number of aromatic nitrogens is 2. The van der Waals surface area contributed by atoms with Gasteiger partial charge in [0.1, 0.15) is 17.5 Å². The summed E-state index contributed by atoms with van der Waals surface area (Å²) in [6, 6.07) is 18.0. The number of thiazole rings is 1. The summed E-state index contributed by atoms with van der Waals surface area (Å²) in [6.45, 7) is 2.24. The summed E-state index contributed by atoms with van der Waals surface area (Å²) in [4.78, 5) is 13.7. The molecule has 5 rings (SSSR count). The Morgan fingerprint density at radius 3 is 2.77 bits per heavy atom. The highest BCUT2D eigenvalue weighted by Crippen LogP contribution is 2.36. The normalized spacial score (nSPS) is 13.5. The van der Waals surface area contributed by atoms with Crippen molar-refractivity contribution in [3.05, 3.63) is 72.1 Å². The first-order valence-electron chi connectivity index (χ1n) is 10.2. The Kier molecular flexibility index (Phi) is 5.50. The highest BCUT2D eigenvalue weighted by molar-refractivity contribution is 7.21. The standard InChI is InChI=1S/C24H22N4O2S/c1-29-21-13-17(7-9-20(21)30-15-18-5-2-3-10-25-18)24-28-19-8-6-16(14-22(19)31-24)23-26-11-4-12-27-23/h2-3,5-10,13-14H,4,11-12,15H2,1H3,(H,26,27). The molecule has 0 saturated carbocycles. The molecule has 1 aliphatic heterocycles. The van der Waals surface area contributed by atoms with Crippen LogP contribution in [0.1, 0.15) is 17.7 Å². The van der Waals surface area contributed by atoms with Crippen molar-refractivity contribution in [3.8, 4) is 22.1 Å². The first-order chi connectivity index (χ1) is 15.3. The van der Waals surface area contributed by atoms with Crippen molar-refractivity contribution in [1.82, 2.24) is 15.3 Å². The molecule has 0 bridgehead atoms. The number of ether oxygens (including phenoxy) is 2. The smallest absolute Gasteiger partial charge is 0.161 e. The second kappa shape index (κ2) is 8.73. The van der Waals surface area contributed by atoms with Gasteiger partial charge < -0.3 is 14.8 Å². The number of pyridine rings is 1. The molecule has 3 heterocycles. The fourth-order valence-corrected chi connectivity index (χ4v) is 4.48. The van der Waals surface area contributed by atoms with E-state index in [1.54, 1.807) is 24.6 Å². The Bertz CT molecular complexity index is 1240. The van der Waals surface area contributed by atoms with Crippen molar-refractivity contribution in [3.63, 3.8) is 0 Å². The Balaban J connectivity index is 1.40. The maximum absolute atomic E-state index is 5.92. The van der Waals surface area contributed by atoms with Crippen LogP contribution in [0.3, 0.4) is 0 Å². The molecule has 0 fully saturated rings. The fraction of sp³-hybridized carbons (Fsp3) is 0.208. The van der Waals surface area contributed by atoms with Gasteiger partial charge in [-0.15, -0.1) is 11.3 Å². The van der Waals surface area contributed by atoms with Crippen LogP contribution in [-0.2, 0) is 6.61 Å². The summed E-state index contributed by atoms with van der Waals surface area (Å²) < 4.78 is 12.6. The highest BCUT2D eigenvalue weighted by atomic mass is 32.1. The number of aliphatic imine (C=N–C) groups is 1. The third kappa shape index (κ3) is 4.22. The van der Waals surface area contributed by atoms with Crippen LogP contribution in [-0.4, -0.2) is 36.0 Å². The van der Waals surface area contributed by atoms with Gasteiger partial charge in [0.2, 0.25) is 0 Å². The minimum atomic E-state index is 0.387. The number of methoxy groups -OCH3 is 1. The maximum atomic E-state index is 5.92. The number of hydrogen-bond donors (Lipinski definition) is 1. The van der Waals surface area contributed by atoms with Crippen molar-refractivity contribution in [2.45, 2.75) is 13.0 Å². The van der Waals surface area contributed by atoms with Gasteiger partial charge in [-0.2, -0.15) is 0 Å². The van der Waals surface area contributed by atoms with Gasteiger partial charge in [-0.05, 0) is 55.0 Å². The predicted octanol–water partition coefficient (Wildman–Crippen LogP) is 4.69. The van der Waals surface area contributed by atoms with Crippen molar-refractivity contribution >= 4 is 27.4 Å². The number of fused-ring (bicyclic) bond motifs is 1. The zero-order chi connectivity index (χ0) is 21.0. The van der Waals surface area contributed by atoms with Crippen LogP contribution in [0.4, 0.5) is 0 Å². The average Bonchev–Trinajstić information content (AvgIpc) is 3.27. The van der Waals surface area contributed by atoms with E-state index < -0.39 is 0 Å². The zero-order valence-corrected chi connectivity index (χ0v) is 18.0. The summed E-state index contributed by atoms with van der Waals surface area (Å²) in [5.41, 5.74) is 3.96. The van der Waals surface area contributed by atoms with Crippen molar-refractivity contribution in [1.29, 1.82) is 0 Å². The summed E-state index contributed by atoms with van der Waals surface area (Å²) >= 11 is 1.66. The van der Waals surface area contributed by atoms with Gasteiger partial charge >= 0.3 is 0 Å². The van der Waals surface area contributed by atoms with Gasteiger partial charge in [0.05, 0.1) is 23.0 Å². The molecule has 7 heteroatoms. The number of nitrogens with zero attached hydrogens (tertiary/aromatic N) is 3. The van der Waals surface area contributed by atoms with E-state index in [1.165, 1.54) is 0 Å². The number of benzene rings is 2. The number of amidine groups is 1. The van der Waals surface area contributed by atoms with Gasteiger partial charge in [0.25, 0.3) is 0 Å². The summed E-state index contributed by atoms with van der Waals surface area (Å²) in [5.74, 6) is 2.33. The third-order valence-corrected chi connectivity index (χ3v) is 6.14. The molecule has 0 saturated heterocycles. The molecule has 0 atom stereocenters. The molecule has 2 aromatic heterocycles. The molecule has 0 spiro atoms. The van der Waals surface area contributed by atoms with E-state index in [9.17, 15) is 0 Å². The molecule has 156 valence electrons. The largest absolute Gasteiger partial charge is 0.493 e. The number of hydrogen-bond acceptors (Lipinski definition) is 7. The number of rotatable bonds is 6. The minimum Gasteiger partial charge on any atom is -0.493 e. The second-order valence-corrected chi connectivity index (χ2v) is 8.22. The van der Waals surface area contributed by atoms with E-state index in [1.807, 2.05) is 36.4 Å². The van der Waals surface area contributed by atoms with Crippen LogP contribution in [0.15, 0.2) is 65.8 Å². The predicted molar refractivity (Wildman–Crippen MR) is 124 cm³/mol. The third-order valence-electron chi connectivity index (χ3n) is 5.07. The number of nitrogens with one attached hydrogen (secondary N) is 1. The van der Waals surface area contributed by atoms with Crippen LogP contribution in [0.25, 0.3) is 20.8 Å². The molecule has 6 nitrogen and oxygen atoms in total. The Morgan fingerprint density at radius 2 is 1.97 bits per heavy atom. The molecule has 0 aliphatic carbocycles. The molecular formula is C24H22N4O2S. The molecule has 1 N–H and O–H groups in total. The van der Waals surface area contributed by atoms with E-state index in [0.717, 1.165) is 57.4 Å². The summed E-state index contributed by atoms with van der Waals surface area (Å²) in [5, 5.41) is 4.33. The molecule has 2 aromatic carbocycles. The van der Waals surface area contributed by atoms with E-state index in [2.05, 4.69) is 33.5 Å². The Morgan fingerprint density at radius 1 is 1.03 bits per heavy atom. The first kappa shape index (κ1) is 19.5. The topological polar surface area (TPSA) is 68.6 Å². The van der Waals surface area contributed by atoms with Gasteiger partial charge in [-0.1, -0.05) is 6.07 Å². The van der Waals surface area contributed by atoms with Crippen LogP contribution in [0.5, 0.6) is 11.5 Å². The fourth-order valence-electron chi connectivity index (χ4n) is 3.48. The van der Waals surface area contributed by atoms with Gasteiger partial charge in [-0.25, -0.2) is 4.98 Å².